The minimum atomic E-state index is 0.0246. The van der Waals surface area contributed by atoms with Gasteiger partial charge in [-0.25, -0.2) is 4.98 Å². The maximum absolute atomic E-state index is 5.91. The van der Waals surface area contributed by atoms with Gasteiger partial charge in [-0.05, 0) is 25.0 Å². The molecule has 0 fully saturated rings. The van der Waals surface area contributed by atoms with Crippen molar-refractivity contribution in [2.24, 2.45) is 0 Å². The summed E-state index contributed by atoms with van der Waals surface area (Å²) in [6, 6.07) is 7.71. The van der Waals surface area contributed by atoms with Crippen LogP contribution in [0.2, 0.25) is 0 Å². The van der Waals surface area contributed by atoms with E-state index in [4.69, 9.17) is 14.2 Å². The lowest BCUT2D eigenvalue weighted by Gasteiger charge is -2.26. The summed E-state index contributed by atoms with van der Waals surface area (Å²) in [4.78, 5) is 8.43. The highest BCUT2D eigenvalue weighted by atomic mass is 16.6. The molecule has 104 valence electrons. The van der Waals surface area contributed by atoms with Crippen LogP contribution in [0.15, 0.2) is 36.7 Å². The minimum Gasteiger partial charge on any atom is -0.486 e. The van der Waals surface area contributed by atoms with Crippen molar-refractivity contribution >= 4 is 0 Å². The molecule has 0 saturated carbocycles. The summed E-state index contributed by atoms with van der Waals surface area (Å²) in [6.45, 7) is 0.555. The zero-order valence-electron chi connectivity index (χ0n) is 11.3. The van der Waals surface area contributed by atoms with Crippen molar-refractivity contribution in [3.63, 3.8) is 0 Å². The fourth-order valence-electron chi connectivity index (χ4n) is 2.20. The topological polar surface area (TPSA) is 53.5 Å². The molecule has 0 radical (unpaired) electrons. The van der Waals surface area contributed by atoms with Crippen molar-refractivity contribution < 1.29 is 14.2 Å². The van der Waals surface area contributed by atoms with Crippen molar-refractivity contribution in [3.05, 3.63) is 42.4 Å². The molecule has 0 amide bonds. The first kappa shape index (κ1) is 12.7. The minimum absolute atomic E-state index is 0.0246. The van der Waals surface area contributed by atoms with Crippen LogP contribution in [-0.4, -0.2) is 29.8 Å². The second kappa shape index (κ2) is 5.77. The zero-order valence-corrected chi connectivity index (χ0v) is 11.3. The smallest absolute Gasteiger partial charge is 0.235 e. The molecule has 0 saturated heterocycles. The van der Waals surface area contributed by atoms with Gasteiger partial charge in [-0.1, -0.05) is 12.1 Å². The van der Waals surface area contributed by atoms with E-state index in [1.54, 1.807) is 19.5 Å². The highest BCUT2D eigenvalue weighted by Crippen LogP contribution is 2.32. The molecule has 5 heteroatoms. The number of benzene rings is 1. The Morgan fingerprint density at radius 3 is 2.85 bits per heavy atom. The highest BCUT2D eigenvalue weighted by Gasteiger charge is 2.21. The predicted molar refractivity (Wildman–Crippen MR) is 73.3 cm³/mol. The SMILES string of the molecule is COc1nccnc1CC[C@H]1COc2ccccc2O1. The summed E-state index contributed by atoms with van der Waals surface area (Å²) >= 11 is 0. The molecule has 2 heterocycles. The fraction of sp³-hybridized carbons (Fsp3) is 0.333. The van der Waals surface area contributed by atoms with E-state index < -0.39 is 0 Å². The van der Waals surface area contributed by atoms with Gasteiger partial charge in [-0.2, -0.15) is 0 Å². The van der Waals surface area contributed by atoms with Gasteiger partial charge < -0.3 is 14.2 Å². The molecule has 5 nitrogen and oxygen atoms in total. The Kier molecular flexibility index (Phi) is 3.67. The van der Waals surface area contributed by atoms with Crippen LogP contribution >= 0.6 is 0 Å². The Labute approximate surface area is 117 Å². The van der Waals surface area contributed by atoms with E-state index in [2.05, 4.69) is 9.97 Å². The highest BCUT2D eigenvalue weighted by molar-refractivity contribution is 5.40. The Bertz CT molecular complexity index is 589. The first-order valence-corrected chi connectivity index (χ1v) is 6.59. The molecular formula is C15H16N2O3. The molecule has 1 aliphatic heterocycles. The molecule has 20 heavy (non-hydrogen) atoms. The second-order valence-corrected chi connectivity index (χ2v) is 4.55. The number of hydrogen-bond donors (Lipinski definition) is 0. The number of ether oxygens (including phenoxy) is 3. The molecule has 1 aromatic heterocycles. The van der Waals surface area contributed by atoms with Crippen molar-refractivity contribution in [1.29, 1.82) is 0 Å². The number of para-hydroxylation sites is 2. The van der Waals surface area contributed by atoms with Crippen molar-refractivity contribution in [3.8, 4) is 17.4 Å². The van der Waals surface area contributed by atoms with Gasteiger partial charge in [0.25, 0.3) is 0 Å². The number of fused-ring (bicyclic) bond motifs is 1. The monoisotopic (exact) mass is 272 g/mol. The number of rotatable bonds is 4. The summed E-state index contributed by atoms with van der Waals surface area (Å²) in [5.41, 5.74) is 0.845. The van der Waals surface area contributed by atoms with E-state index in [-0.39, 0.29) is 6.10 Å². The standard InChI is InChI=1S/C15H16N2O3/c1-18-15-12(16-8-9-17-15)7-6-11-10-19-13-4-2-3-5-14(13)20-11/h2-5,8-9,11H,6-7,10H2,1H3/t11-/m0/s1. The van der Waals surface area contributed by atoms with Crippen LogP contribution in [-0.2, 0) is 6.42 Å². The molecule has 0 unspecified atom stereocenters. The van der Waals surface area contributed by atoms with Gasteiger partial charge in [0.05, 0.1) is 7.11 Å². The van der Waals surface area contributed by atoms with Gasteiger partial charge in [-0.3, -0.25) is 4.98 Å². The first-order valence-electron chi connectivity index (χ1n) is 6.59. The fourth-order valence-corrected chi connectivity index (χ4v) is 2.20. The van der Waals surface area contributed by atoms with Gasteiger partial charge in [0.15, 0.2) is 11.5 Å². The third-order valence-corrected chi connectivity index (χ3v) is 3.20. The van der Waals surface area contributed by atoms with E-state index >= 15 is 0 Å². The van der Waals surface area contributed by atoms with Gasteiger partial charge in [0.2, 0.25) is 5.88 Å². The van der Waals surface area contributed by atoms with E-state index in [0.717, 1.165) is 30.0 Å². The van der Waals surface area contributed by atoms with Crippen LogP contribution in [0.4, 0.5) is 0 Å². The number of aryl methyl sites for hydroxylation is 1. The lowest BCUT2D eigenvalue weighted by Crippen LogP contribution is -2.29. The van der Waals surface area contributed by atoms with Gasteiger partial charge >= 0.3 is 0 Å². The molecule has 1 aromatic carbocycles. The first-order chi connectivity index (χ1) is 9.86. The molecular weight excluding hydrogens is 256 g/mol. The maximum Gasteiger partial charge on any atom is 0.235 e. The molecule has 0 bridgehead atoms. The average molecular weight is 272 g/mol. The Morgan fingerprint density at radius 1 is 1.20 bits per heavy atom. The molecule has 2 aromatic rings. The molecule has 1 aliphatic rings. The molecule has 0 aliphatic carbocycles. The normalized spacial score (nSPS) is 16.8. The van der Waals surface area contributed by atoms with E-state index in [1.165, 1.54) is 0 Å². The summed E-state index contributed by atoms with van der Waals surface area (Å²) in [5, 5.41) is 0. The number of hydrogen-bond acceptors (Lipinski definition) is 5. The van der Waals surface area contributed by atoms with Crippen LogP contribution in [0.25, 0.3) is 0 Å². The Morgan fingerprint density at radius 2 is 2.00 bits per heavy atom. The van der Waals surface area contributed by atoms with Crippen LogP contribution < -0.4 is 14.2 Å². The lowest BCUT2D eigenvalue weighted by atomic mass is 10.1. The van der Waals surface area contributed by atoms with Gasteiger partial charge in [-0.15, -0.1) is 0 Å². The molecule has 0 N–H and O–H groups in total. The van der Waals surface area contributed by atoms with Gasteiger partial charge in [0, 0.05) is 12.4 Å². The van der Waals surface area contributed by atoms with Crippen LogP contribution in [0, 0.1) is 0 Å². The van der Waals surface area contributed by atoms with E-state index in [9.17, 15) is 0 Å². The molecule has 3 rings (SSSR count). The van der Waals surface area contributed by atoms with E-state index in [0.29, 0.717) is 12.5 Å². The molecule has 0 spiro atoms. The van der Waals surface area contributed by atoms with E-state index in [1.807, 2.05) is 24.3 Å². The number of nitrogens with zero attached hydrogens (tertiary/aromatic N) is 2. The Hall–Kier alpha value is -2.30. The van der Waals surface area contributed by atoms with Crippen molar-refractivity contribution in [2.75, 3.05) is 13.7 Å². The van der Waals surface area contributed by atoms with Crippen molar-refractivity contribution in [1.82, 2.24) is 9.97 Å². The van der Waals surface area contributed by atoms with Crippen LogP contribution in [0.3, 0.4) is 0 Å². The summed E-state index contributed by atoms with van der Waals surface area (Å²) < 4.78 is 16.8. The number of methoxy groups -OCH3 is 1. The maximum atomic E-state index is 5.91. The number of aromatic nitrogens is 2. The van der Waals surface area contributed by atoms with Crippen molar-refractivity contribution in [2.45, 2.75) is 18.9 Å². The third-order valence-electron chi connectivity index (χ3n) is 3.20. The van der Waals surface area contributed by atoms with Crippen LogP contribution in [0.1, 0.15) is 12.1 Å². The Balaban J connectivity index is 1.63. The summed E-state index contributed by atoms with van der Waals surface area (Å²) in [7, 11) is 1.60. The lowest BCUT2D eigenvalue weighted by molar-refractivity contribution is 0.0848. The summed E-state index contributed by atoms with van der Waals surface area (Å²) in [5.74, 6) is 2.18. The zero-order chi connectivity index (χ0) is 13.8. The van der Waals surface area contributed by atoms with Gasteiger partial charge in [0.1, 0.15) is 18.4 Å². The van der Waals surface area contributed by atoms with Crippen LogP contribution in [0.5, 0.6) is 17.4 Å². The quantitative estimate of drug-likeness (QED) is 0.854. The summed E-state index contributed by atoms with van der Waals surface area (Å²) in [6.07, 6.45) is 4.87. The largest absolute Gasteiger partial charge is 0.486 e. The third kappa shape index (κ3) is 2.66. The second-order valence-electron chi connectivity index (χ2n) is 4.55. The molecule has 1 atom stereocenters. The predicted octanol–water partition coefficient (Wildman–Crippen LogP) is 2.26. The average Bonchev–Trinajstić information content (AvgIpc) is 2.53.